The summed E-state index contributed by atoms with van der Waals surface area (Å²) < 4.78 is 0. The fourth-order valence-electron chi connectivity index (χ4n) is 2.64. The van der Waals surface area contributed by atoms with Gasteiger partial charge in [0.25, 0.3) is 11.8 Å². The van der Waals surface area contributed by atoms with Crippen LogP contribution in [0.25, 0.3) is 0 Å². The fraction of sp³-hybridized carbons (Fsp3) is 0.250. The average Bonchev–Trinajstić information content (AvgIpc) is 2.61. The lowest BCUT2D eigenvalue weighted by Crippen LogP contribution is -3.11. The summed E-state index contributed by atoms with van der Waals surface area (Å²) in [5.74, 6) is -0.391. The van der Waals surface area contributed by atoms with Crippen molar-refractivity contribution in [3.8, 4) is 6.07 Å². The summed E-state index contributed by atoms with van der Waals surface area (Å²) in [4.78, 5) is 25.1. The fourth-order valence-corrected chi connectivity index (χ4v) is 2.87. The average molecular weight is 386 g/mol. The molecule has 0 aliphatic heterocycles. The van der Waals surface area contributed by atoms with Crippen molar-refractivity contribution in [1.82, 2.24) is 0 Å². The van der Waals surface area contributed by atoms with E-state index < -0.39 is 0 Å². The van der Waals surface area contributed by atoms with Crippen molar-refractivity contribution in [3.05, 3.63) is 58.6 Å². The Morgan fingerprint density at radius 2 is 1.78 bits per heavy atom. The number of likely N-dealkylation sites (N-methyl/N-ethyl adjacent to an activating group) is 1. The van der Waals surface area contributed by atoms with Crippen LogP contribution in [-0.2, 0) is 16.0 Å². The number of amides is 2. The molecule has 0 saturated heterocycles. The molecule has 0 saturated carbocycles. The molecule has 2 amide bonds. The van der Waals surface area contributed by atoms with Gasteiger partial charge in [-0.15, -0.1) is 0 Å². The summed E-state index contributed by atoms with van der Waals surface area (Å²) in [5.41, 5.74) is 2.73. The molecule has 1 atom stereocenters. The minimum atomic E-state index is -0.241. The molecule has 1 unspecified atom stereocenters. The van der Waals surface area contributed by atoms with Crippen LogP contribution in [0.3, 0.4) is 0 Å². The van der Waals surface area contributed by atoms with Gasteiger partial charge in [0.15, 0.2) is 13.1 Å². The van der Waals surface area contributed by atoms with E-state index in [0.717, 1.165) is 22.6 Å². The van der Waals surface area contributed by atoms with Gasteiger partial charge < -0.3 is 15.5 Å². The van der Waals surface area contributed by atoms with Crippen LogP contribution in [-0.4, -0.2) is 32.0 Å². The molecule has 2 aromatic rings. The van der Waals surface area contributed by atoms with Crippen LogP contribution in [0.2, 0.25) is 5.02 Å². The molecule has 0 aliphatic carbocycles. The van der Waals surface area contributed by atoms with Crippen LogP contribution < -0.4 is 15.5 Å². The summed E-state index contributed by atoms with van der Waals surface area (Å²) in [6, 6.07) is 14.3. The lowest BCUT2D eigenvalue weighted by atomic mass is 10.1. The van der Waals surface area contributed by atoms with Gasteiger partial charge in [-0.3, -0.25) is 9.59 Å². The Kier molecular flexibility index (Phi) is 7.35. The maximum Gasteiger partial charge on any atom is 0.279 e. The Morgan fingerprint density at radius 1 is 1.11 bits per heavy atom. The number of anilines is 2. The van der Waals surface area contributed by atoms with Crippen molar-refractivity contribution in [2.24, 2.45) is 0 Å². The third-order valence-electron chi connectivity index (χ3n) is 3.97. The zero-order chi connectivity index (χ0) is 19.8. The summed E-state index contributed by atoms with van der Waals surface area (Å²) in [5, 5.41) is 14.8. The number of benzene rings is 2. The minimum Gasteiger partial charge on any atom is -0.322 e. The topological polar surface area (TPSA) is 86.4 Å². The second kappa shape index (κ2) is 9.72. The van der Waals surface area contributed by atoms with Gasteiger partial charge in [0, 0.05) is 11.4 Å². The summed E-state index contributed by atoms with van der Waals surface area (Å²) in [7, 11) is 1.77. The Morgan fingerprint density at radius 3 is 2.41 bits per heavy atom. The van der Waals surface area contributed by atoms with Gasteiger partial charge in [-0.25, -0.2) is 0 Å². The monoisotopic (exact) mass is 385 g/mol. The molecule has 6 nitrogen and oxygen atoms in total. The molecule has 140 valence electrons. The van der Waals surface area contributed by atoms with E-state index in [0.29, 0.717) is 11.3 Å². The number of nitrogens with zero attached hydrogens (tertiary/aromatic N) is 1. The van der Waals surface area contributed by atoms with Crippen LogP contribution in [0.4, 0.5) is 11.4 Å². The molecule has 2 rings (SSSR count). The van der Waals surface area contributed by atoms with Crippen molar-refractivity contribution >= 4 is 34.8 Å². The number of aryl methyl sites for hydroxylation is 1. The number of nitriles is 1. The highest BCUT2D eigenvalue weighted by Gasteiger charge is 2.15. The molecule has 7 heteroatoms. The Hall–Kier alpha value is -2.88. The van der Waals surface area contributed by atoms with E-state index in [-0.39, 0.29) is 29.9 Å². The first-order chi connectivity index (χ1) is 12.9. The molecule has 3 N–H and O–H groups in total. The van der Waals surface area contributed by atoms with Crippen molar-refractivity contribution in [1.29, 1.82) is 5.26 Å². The van der Waals surface area contributed by atoms with E-state index in [1.807, 2.05) is 37.3 Å². The SMILES string of the molecule is CCc1ccccc1NC(=O)C[NH+](C)CC(=O)Nc1ccc(C#N)c(Cl)c1. The predicted molar refractivity (Wildman–Crippen MR) is 106 cm³/mol. The van der Waals surface area contributed by atoms with Gasteiger partial charge in [0.05, 0.1) is 17.6 Å². The second-order valence-electron chi connectivity index (χ2n) is 6.22. The number of carbonyl (C=O) groups is 2. The van der Waals surface area contributed by atoms with E-state index in [2.05, 4.69) is 10.6 Å². The highest BCUT2D eigenvalue weighted by Crippen LogP contribution is 2.20. The maximum atomic E-state index is 12.2. The Labute approximate surface area is 163 Å². The van der Waals surface area contributed by atoms with Crippen molar-refractivity contribution in [2.45, 2.75) is 13.3 Å². The highest BCUT2D eigenvalue weighted by atomic mass is 35.5. The number of nitrogens with one attached hydrogen (secondary N) is 3. The van der Waals surface area contributed by atoms with Gasteiger partial charge >= 0.3 is 0 Å². The van der Waals surface area contributed by atoms with Crippen LogP contribution in [0, 0.1) is 11.3 Å². The van der Waals surface area contributed by atoms with Crippen LogP contribution in [0.1, 0.15) is 18.1 Å². The quantitative estimate of drug-likeness (QED) is 0.680. The van der Waals surface area contributed by atoms with Gasteiger partial charge in [-0.1, -0.05) is 36.7 Å². The lowest BCUT2D eigenvalue weighted by molar-refractivity contribution is -0.862. The number of rotatable bonds is 7. The molecule has 0 fully saturated rings. The van der Waals surface area contributed by atoms with Gasteiger partial charge in [0.2, 0.25) is 0 Å². The third kappa shape index (κ3) is 6.10. The largest absolute Gasteiger partial charge is 0.322 e. The number of hydrogen-bond acceptors (Lipinski definition) is 3. The molecule has 0 aliphatic rings. The van der Waals surface area contributed by atoms with E-state index >= 15 is 0 Å². The van der Waals surface area contributed by atoms with Crippen LogP contribution >= 0.6 is 11.6 Å². The standard InChI is InChI=1S/C20H21ClN4O2/c1-3-14-6-4-5-7-18(14)24-20(27)13-25(2)12-19(26)23-16-9-8-15(11-22)17(21)10-16/h4-10H,3,12-13H2,1-2H3,(H,23,26)(H,24,27)/p+1. The first kappa shape index (κ1) is 20.4. The van der Waals surface area contributed by atoms with Crippen LogP contribution in [0.5, 0.6) is 0 Å². The molecule has 2 aromatic carbocycles. The molecule has 0 heterocycles. The second-order valence-corrected chi connectivity index (χ2v) is 6.63. The summed E-state index contributed by atoms with van der Waals surface area (Å²) in [6.07, 6.45) is 0.828. The Balaban J connectivity index is 1.86. The third-order valence-corrected chi connectivity index (χ3v) is 4.28. The number of halogens is 1. The van der Waals surface area contributed by atoms with E-state index in [1.165, 1.54) is 6.07 Å². The van der Waals surface area contributed by atoms with Gasteiger partial charge in [0.1, 0.15) is 6.07 Å². The van der Waals surface area contributed by atoms with E-state index in [1.54, 1.807) is 19.2 Å². The van der Waals surface area contributed by atoms with E-state index in [4.69, 9.17) is 16.9 Å². The van der Waals surface area contributed by atoms with Crippen molar-refractivity contribution in [3.63, 3.8) is 0 Å². The smallest absolute Gasteiger partial charge is 0.279 e. The van der Waals surface area contributed by atoms with Crippen molar-refractivity contribution in [2.75, 3.05) is 30.8 Å². The molecule has 27 heavy (non-hydrogen) atoms. The van der Waals surface area contributed by atoms with E-state index in [9.17, 15) is 9.59 Å². The Bertz CT molecular complexity index is 877. The maximum absolute atomic E-state index is 12.2. The van der Waals surface area contributed by atoms with Crippen molar-refractivity contribution < 1.29 is 14.5 Å². The molecule has 0 aromatic heterocycles. The first-order valence-corrected chi connectivity index (χ1v) is 8.99. The number of carbonyl (C=O) groups excluding carboxylic acids is 2. The zero-order valence-electron chi connectivity index (χ0n) is 15.3. The lowest BCUT2D eigenvalue weighted by Gasteiger charge is -2.15. The van der Waals surface area contributed by atoms with Gasteiger partial charge in [-0.05, 0) is 36.2 Å². The number of para-hydroxylation sites is 1. The molecular formula is C20H22ClN4O2+. The molecular weight excluding hydrogens is 364 g/mol. The predicted octanol–water partition coefficient (Wildman–Crippen LogP) is 1.87. The normalized spacial score (nSPS) is 11.3. The zero-order valence-corrected chi connectivity index (χ0v) is 16.1. The van der Waals surface area contributed by atoms with Gasteiger partial charge in [-0.2, -0.15) is 5.26 Å². The highest BCUT2D eigenvalue weighted by molar-refractivity contribution is 6.32. The molecule has 0 bridgehead atoms. The minimum absolute atomic E-state index is 0.125. The summed E-state index contributed by atoms with van der Waals surface area (Å²) >= 11 is 5.96. The number of quaternary nitrogens is 1. The van der Waals surface area contributed by atoms with Crippen LogP contribution in [0.15, 0.2) is 42.5 Å². The molecule has 0 radical (unpaired) electrons. The number of hydrogen-bond donors (Lipinski definition) is 3. The first-order valence-electron chi connectivity index (χ1n) is 8.61. The molecule has 0 spiro atoms. The summed E-state index contributed by atoms with van der Waals surface area (Å²) in [6.45, 7) is 2.32.